The molecule has 0 spiro atoms. The quantitative estimate of drug-likeness (QED) is 0.821. The number of nitrogens with two attached hydrogens (primary N) is 1. The Morgan fingerprint density at radius 3 is 3.06 bits per heavy atom. The zero-order valence-corrected chi connectivity index (χ0v) is 10.2. The number of ether oxygens (including phenoxy) is 1. The molecule has 94 valence electrons. The van der Waals surface area contributed by atoms with Gasteiger partial charge in [-0.15, -0.1) is 0 Å². The number of hydrogen-bond donors (Lipinski definition) is 1. The standard InChI is InChI=1S/C13H19FN2O/c1-17-9-10-3-2-6-16(8-10)13-5-4-11(15)7-12(13)14/h4-5,7,10H,2-3,6,8-9,15H2,1H3. The molecule has 0 bridgehead atoms. The van der Waals surface area contributed by atoms with E-state index in [0.29, 0.717) is 17.3 Å². The van der Waals surface area contributed by atoms with Crippen molar-refractivity contribution in [2.75, 3.05) is 37.4 Å². The highest BCUT2D eigenvalue weighted by molar-refractivity contribution is 5.54. The average Bonchev–Trinajstić information content (AvgIpc) is 2.29. The van der Waals surface area contributed by atoms with E-state index in [-0.39, 0.29) is 5.82 Å². The van der Waals surface area contributed by atoms with Gasteiger partial charge in [0.25, 0.3) is 0 Å². The molecule has 1 aromatic carbocycles. The summed E-state index contributed by atoms with van der Waals surface area (Å²) >= 11 is 0. The van der Waals surface area contributed by atoms with Crippen LogP contribution in [0.1, 0.15) is 12.8 Å². The molecule has 17 heavy (non-hydrogen) atoms. The Kier molecular flexibility index (Phi) is 3.84. The molecule has 1 unspecified atom stereocenters. The summed E-state index contributed by atoms with van der Waals surface area (Å²) in [6, 6.07) is 4.90. The van der Waals surface area contributed by atoms with Gasteiger partial charge in [0.15, 0.2) is 0 Å². The Morgan fingerprint density at radius 2 is 2.35 bits per heavy atom. The average molecular weight is 238 g/mol. The van der Waals surface area contributed by atoms with E-state index in [1.165, 1.54) is 6.07 Å². The first-order chi connectivity index (χ1) is 8.20. The molecule has 1 aliphatic rings. The molecular weight excluding hydrogens is 219 g/mol. The number of rotatable bonds is 3. The van der Waals surface area contributed by atoms with Gasteiger partial charge in [0, 0.05) is 25.9 Å². The maximum absolute atomic E-state index is 13.8. The van der Waals surface area contributed by atoms with Crippen molar-refractivity contribution in [3.8, 4) is 0 Å². The van der Waals surface area contributed by atoms with Crippen molar-refractivity contribution in [1.29, 1.82) is 0 Å². The first-order valence-corrected chi connectivity index (χ1v) is 5.99. The van der Waals surface area contributed by atoms with E-state index in [1.807, 2.05) is 0 Å². The van der Waals surface area contributed by atoms with Crippen LogP contribution in [0.15, 0.2) is 18.2 Å². The largest absolute Gasteiger partial charge is 0.399 e. The van der Waals surface area contributed by atoms with Crippen molar-refractivity contribution >= 4 is 11.4 Å². The molecule has 0 saturated carbocycles. The number of nitrogen functional groups attached to an aromatic ring is 1. The molecule has 4 heteroatoms. The number of nitrogens with zero attached hydrogens (tertiary/aromatic N) is 1. The van der Waals surface area contributed by atoms with Crippen LogP contribution in [0, 0.1) is 11.7 Å². The fourth-order valence-corrected chi connectivity index (χ4v) is 2.44. The molecule has 1 aliphatic heterocycles. The van der Waals surface area contributed by atoms with Crippen LogP contribution in [0.3, 0.4) is 0 Å². The van der Waals surface area contributed by atoms with E-state index in [9.17, 15) is 4.39 Å². The molecule has 2 N–H and O–H groups in total. The molecule has 0 aliphatic carbocycles. The molecule has 3 nitrogen and oxygen atoms in total. The highest BCUT2D eigenvalue weighted by Gasteiger charge is 2.21. The van der Waals surface area contributed by atoms with Gasteiger partial charge >= 0.3 is 0 Å². The molecule has 1 fully saturated rings. The Labute approximate surface area is 101 Å². The van der Waals surface area contributed by atoms with Crippen LogP contribution in [0.25, 0.3) is 0 Å². The summed E-state index contributed by atoms with van der Waals surface area (Å²) in [6.45, 7) is 2.50. The molecule has 1 heterocycles. The highest BCUT2D eigenvalue weighted by Crippen LogP contribution is 2.26. The zero-order valence-electron chi connectivity index (χ0n) is 10.2. The second-order valence-electron chi connectivity index (χ2n) is 4.62. The zero-order chi connectivity index (χ0) is 12.3. The Morgan fingerprint density at radius 1 is 1.53 bits per heavy atom. The third-order valence-corrected chi connectivity index (χ3v) is 3.23. The third-order valence-electron chi connectivity index (χ3n) is 3.23. The Balaban J connectivity index is 2.10. The van der Waals surface area contributed by atoms with Crippen molar-refractivity contribution < 1.29 is 9.13 Å². The predicted molar refractivity (Wildman–Crippen MR) is 67.6 cm³/mol. The highest BCUT2D eigenvalue weighted by atomic mass is 19.1. The van der Waals surface area contributed by atoms with Gasteiger partial charge in [0.2, 0.25) is 0 Å². The minimum atomic E-state index is -0.233. The monoisotopic (exact) mass is 238 g/mol. The van der Waals surface area contributed by atoms with Gasteiger partial charge < -0.3 is 15.4 Å². The lowest BCUT2D eigenvalue weighted by atomic mass is 9.98. The fraction of sp³-hybridized carbons (Fsp3) is 0.538. The summed E-state index contributed by atoms with van der Waals surface area (Å²) in [5.41, 5.74) is 6.68. The van der Waals surface area contributed by atoms with E-state index in [2.05, 4.69) is 4.90 Å². The fourth-order valence-electron chi connectivity index (χ4n) is 2.44. The van der Waals surface area contributed by atoms with Crippen LogP contribution in [-0.2, 0) is 4.74 Å². The third kappa shape index (κ3) is 2.88. The lowest BCUT2D eigenvalue weighted by Crippen LogP contribution is -2.37. The minimum absolute atomic E-state index is 0.233. The maximum Gasteiger partial charge on any atom is 0.148 e. The minimum Gasteiger partial charge on any atom is -0.399 e. The van der Waals surface area contributed by atoms with E-state index < -0.39 is 0 Å². The first-order valence-electron chi connectivity index (χ1n) is 5.99. The van der Waals surface area contributed by atoms with Gasteiger partial charge in [-0.2, -0.15) is 0 Å². The maximum atomic E-state index is 13.8. The van der Waals surface area contributed by atoms with Crippen LogP contribution in [0.2, 0.25) is 0 Å². The summed E-state index contributed by atoms with van der Waals surface area (Å²) in [6.07, 6.45) is 2.23. The molecule has 0 amide bonds. The van der Waals surface area contributed by atoms with Gasteiger partial charge in [-0.3, -0.25) is 0 Å². The smallest absolute Gasteiger partial charge is 0.148 e. The van der Waals surface area contributed by atoms with Crippen LogP contribution in [-0.4, -0.2) is 26.8 Å². The molecule has 0 radical (unpaired) electrons. The molecular formula is C13H19FN2O. The number of benzene rings is 1. The van der Waals surface area contributed by atoms with Crippen molar-refractivity contribution in [3.05, 3.63) is 24.0 Å². The molecule has 1 aromatic rings. The Hall–Kier alpha value is -1.29. The Bertz CT molecular complexity index is 382. The number of hydrogen-bond acceptors (Lipinski definition) is 3. The predicted octanol–water partition coefficient (Wildman–Crippen LogP) is 2.27. The lowest BCUT2D eigenvalue weighted by molar-refractivity contribution is 0.143. The summed E-state index contributed by atoms with van der Waals surface area (Å²) in [5, 5.41) is 0. The summed E-state index contributed by atoms with van der Waals surface area (Å²) < 4.78 is 19.0. The van der Waals surface area contributed by atoms with E-state index >= 15 is 0 Å². The van der Waals surface area contributed by atoms with Gasteiger partial charge in [0.1, 0.15) is 5.82 Å². The van der Waals surface area contributed by atoms with Crippen molar-refractivity contribution in [3.63, 3.8) is 0 Å². The number of piperidine rings is 1. The van der Waals surface area contributed by atoms with Gasteiger partial charge in [0.05, 0.1) is 12.3 Å². The van der Waals surface area contributed by atoms with Crippen LogP contribution < -0.4 is 10.6 Å². The topological polar surface area (TPSA) is 38.5 Å². The summed E-state index contributed by atoms with van der Waals surface area (Å²) in [5.74, 6) is 0.258. The number of anilines is 2. The van der Waals surface area contributed by atoms with E-state index in [1.54, 1.807) is 19.2 Å². The van der Waals surface area contributed by atoms with E-state index in [0.717, 1.165) is 32.5 Å². The van der Waals surface area contributed by atoms with Crippen molar-refractivity contribution in [2.24, 2.45) is 5.92 Å². The van der Waals surface area contributed by atoms with E-state index in [4.69, 9.17) is 10.5 Å². The van der Waals surface area contributed by atoms with Crippen LogP contribution in [0.5, 0.6) is 0 Å². The summed E-state index contributed by atoms with van der Waals surface area (Å²) in [7, 11) is 1.71. The molecule has 1 saturated heterocycles. The molecule has 1 atom stereocenters. The van der Waals surface area contributed by atoms with Gasteiger partial charge in [-0.1, -0.05) is 0 Å². The second kappa shape index (κ2) is 5.36. The normalized spacial score (nSPS) is 20.6. The van der Waals surface area contributed by atoms with Crippen molar-refractivity contribution in [2.45, 2.75) is 12.8 Å². The SMILES string of the molecule is COCC1CCCN(c2ccc(N)cc2F)C1. The lowest BCUT2D eigenvalue weighted by Gasteiger charge is -2.34. The summed E-state index contributed by atoms with van der Waals surface area (Å²) in [4.78, 5) is 2.09. The molecule has 2 rings (SSSR count). The van der Waals surface area contributed by atoms with Crippen molar-refractivity contribution in [1.82, 2.24) is 0 Å². The van der Waals surface area contributed by atoms with Gasteiger partial charge in [-0.25, -0.2) is 4.39 Å². The van der Waals surface area contributed by atoms with Crippen LogP contribution in [0.4, 0.5) is 15.8 Å². The first kappa shape index (κ1) is 12.2. The van der Waals surface area contributed by atoms with Gasteiger partial charge in [-0.05, 0) is 37.0 Å². The number of halogens is 1. The second-order valence-corrected chi connectivity index (χ2v) is 4.62. The number of methoxy groups -OCH3 is 1. The molecule has 0 aromatic heterocycles. The van der Waals surface area contributed by atoms with Crippen LogP contribution >= 0.6 is 0 Å².